The summed E-state index contributed by atoms with van der Waals surface area (Å²) in [4.78, 5) is 39.7. The van der Waals surface area contributed by atoms with E-state index in [4.69, 9.17) is 5.11 Å². The predicted octanol–water partition coefficient (Wildman–Crippen LogP) is 2.96. The number of carbonyl (C=O) groups is 2. The Bertz CT molecular complexity index is 900. The minimum absolute atomic E-state index is 0.0223. The number of benzene rings is 1. The lowest BCUT2D eigenvalue weighted by Gasteiger charge is -2.26. The highest BCUT2D eigenvalue weighted by molar-refractivity contribution is 5.77. The Morgan fingerprint density at radius 3 is 2.62 bits per heavy atom. The number of rotatable bonds is 9. The van der Waals surface area contributed by atoms with Crippen LogP contribution in [0.4, 0.5) is 0 Å². The maximum absolute atomic E-state index is 12.4. The molecule has 0 spiro atoms. The molecule has 0 bridgehead atoms. The summed E-state index contributed by atoms with van der Waals surface area (Å²) in [7, 11) is 0. The highest BCUT2D eigenvalue weighted by atomic mass is 16.4. The van der Waals surface area contributed by atoms with E-state index in [9.17, 15) is 14.4 Å². The van der Waals surface area contributed by atoms with Crippen molar-refractivity contribution >= 4 is 22.8 Å². The minimum Gasteiger partial charge on any atom is -0.481 e. The Labute approximate surface area is 170 Å². The summed E-state index contributed by atoms with van der Waals surface area (Å²) in [5.41, 5.74) is 0.688. The Kier molecular flexibility index (Phi) is 7.38. The first-order valence-electron chi connectivity index (χ1n) is 10.5. The summed E-state index contributed by atoms with van der Waals surface area (Å²) >= 11 is 0. The lowest BCUT2D eigenvalue weighted by atomic mass is 9.82. The molecule has 1 fully saturated rings. The van der Waals surface area contributed by atoms with Crippen molar-refractivity contribution in [2.24, 2.45) is 11.8 Å². The fourth-order valence-electron chi connectivity index (χ4n) is 3.97. The molecule has 2 N–H and O–H groups in total. The van der Waals surface area contributed by atoms with E-state index < -0.39 is 5.97 Å². The third kappa shape index (κ3) is 5.89. The van der Waals surface area contributed by atoms with Crippen LogP contribution >= 0.6 is 0 Å². The van der Waals surface area contributed by atoms with Crippen LogP contribution in [-0.4, -0.2) is 33.1 Å². The van der Waals surface area contributed by atoms with Crippen LogP contribution in [0.1, 0.15) is 51.4 Å². The Morgan fingerprint density at radius 1 is 1.10 bits per heavy atom. The van der Waals surface area contributed by atoms with Crippen molar-refractivity contribution in [3.05, 3.63) is 40.9 Å². The summed E-state index contributed by atoms with van der Waals surface area (Å²) in [5, 5.41) is 12.6. The fraction of sp³-hybridized carbons (Fsp3) is 0.545. The maximum atomic E-state index is 12.4. The average molecular weight is 399 g/mol. The number of hydrogen-bond donors (Lipinski definition) is 2. The number of unbranched alkanes of at least 4 members (excludes halogenated alkanes) is 2. The molecule has 7 nitrogen and oxygen atoms in total. The molecule has 1 aromatic heterocycles. The first-order valence-corrected chi connectivity index (χ1v) is 10.5. The highest BCUT2D eigenvalue weighted by Crippen LogP contribution is 2.28. The van der Waals surface area contributed by atoms with Gasteiger partial charge in [-0.2, -0.15) is 0 Å². The number of nitrogens with zero attached hydrogens (tertiary/aromatic N) is 2. The number of aryl methyl sites for hydroxylation is 1. The molecule has 1 saturated carbocycles. The Hall–Kier alpha value is -2.70. The van der Waals surface area contributed by atoms with Crippen LogP contribution in [0, 0.1) is 11.8 Å². The van der Waals surface area contributed by atoms with E-state index in [2.05, 4.69) is 10.3 Å². The number of amides is 1. The normalized spacial score (nSPS) is 19.2. The number of hydrogen-bond acceptors (Lipinski definition) is 4. The molecule has 2 aromatic rings. The van der Waals surface area contributed by atoms with E-state index in [1.54, 1.807) is 17.0 Å². The zero-order valence-electron chi connectivity index (χ0n) is 16.7. The largest absolute Gasteiger partial charge is 0.481 e. The number of aliphatic carboxylic acids is 1. The van der Waals surface area contributed by atoms with E-state index in [0.717, 1.165) is 32.1 Å². The zero-order chi connectivity index (χ0) is 20.6. The molecule has 1 amide bonds. The van der Waals surface area contributed by atoms with Gasteiger partial charge in [0.1, 0.15) is 0 Å². The summed E-state index contributed by atoms with van der Waals surface area (Å²) in [6.45, 7) is 1.24. The van der Waals surface area contributed by atoms with E-state index in [1.807, 2.05) is 18.2 Å². The molecule has 1 aromatic carbocycles. The summed E-state index contributed by atoms with van der Waals surface area (Å²) in [6.07, 6.45) is 7.71. The number of para-hydroxylation sites is 1. The fourth-order valence-corrected chi connectivity index (χ4v) is 3.97. The third-order valence-corrected chi connectivity index (χ3v) is 5.82. The van der Waals surface area contributed by atoms with Gasteiger partial charge in [-0.1, -0.05) is 18.6 Å². The summed E-state index contributed by atoms with van der Waals surface area (Å²) in [6, 6.07) is 7.33. The van der Waals surface area contributed by atoms with Crippen LogP contribution in [-0.2, 0) is 16.1 Å². The predicted molar refractivity (Wildman–Crippen MR) is 111 cm³/mol. The third-order valence-electron chi connectivity index (χ3n) is 5.82. The van der Waals surface area contributed by atoms with Crippen molar-refractivity contribution < 1.29 is 14.7 Å². The van der Waals surface area contributed by atoms with Gasteiger partial charge >= 0.3 is 5.97 Å². The molecule has 0 saturated heterocycles. The molecule has 7 heteroatoms. The first-order chi connectivity index (χ1) is 14.0. The van der Waals surface area contributed by atoms with E-state index >= 15 is 0 Å². The number of aromatic nitrogens is 2. The van der Waals surface area contributed by atoms with Gasteiger partial charge in [-0.15, -0.1) is 0 Å². The van der Waals surface area contributed by atoms with Gasteiger partial charge in [0.25, 0.3) is 5.56 Å². The summed E-state index contributed by atoms with van der Waals surface area (Å²) in [5.74, 6) is -0.474. The number of fused-ring (bicyclic) bond motifs is 1. The van der Waals surface area contributed by atoms with Crippen LogP contribution in [0.3, 0.4) is 0 Å². The van der Waals surface area contributed by atoms with Crippen molar-refractivity contribution in [2.75, 3.05) is 6.54 Å². The lowest BCUT2D eigenvalue weighted by molar-refractivity contribution is -0.143. The van der Waals surface area contributed by atoms with Crippen molar-refractivity contribution in [1.82, 2.24) is 14.9 Å². The summed E-state index contributed by atoms with van der Waals surface area (Å²) < 4.78 is 1.63. The molecule has 29 heavy (non-hydrogen) atoms. The van der Waals surface area contributed by atoms with Gasteiger partial charge in [0, 0.05) is 19.5 Å². The minimum atomic E-state index is -0.700. The zero-order valence-corrected chi connectivity index (χ0v) is 16.7. The molecule has 0 aliphatic heterocycles. The van der Waals surface area contributed by atoms with Crippen molar-refractivity contribution in [3.8, 4) is 0 Å². The molecular weight excluding hydrogens is 370 g/mol. The first kappa shape index (κ1) is 21.0. The molecule has 156 valence electrons. The van der Waals surface area contributed by atoms with Crippen LogP contribution < -0.4 is 10.9 Å². The topological polar surface area (TPSA) is 101 Å². The van der Waals surface area contributed by atoms with Crippen LogP contribution in [0.5, 0.6) is 0 Å². The number of carboxylic acid groups (broad SMARTS) is 1. The van der Waals surface area contributed by atoms with Crippen LogP contribution in [0.25, 0.3) is 10.9 Å². The van der Waals surface area contributed by atoms with Gasteiger partial charge in [0.15, 0.2) is 0 Å². The van der Waals surface area contributed by atoms with Crippen molar-refractivity contribution in [1.29, 1.82) is 0 Å². The quantitative estimate of drug-likeness (QED) is 0.631. The number of carboxylic acids is 1. The monoisotopic (exact) mass is 399 g/mol. The second-order valence-corrected chi connectivity index (χ2v) is 7.93. The lowest BCUT2D eigenvalue weighted by Crippen LogP contribution is -2.32. The molecule has 1 heterocycles. The molecule has 0 atom stereocenters. The highest BCUT2D eigenvalue weighted by Gasteiger charge is 2.25. The van der Waals surface area contributed by atoms with Crippen molar-refractivity contribution in [3.63, 3.8) is 0 Å². The second-order valence-electron chi connectivity index (χ2n) is 7.93. The Morgan fingerprint density at radius 2 is 1.86 bits per heavy atom. The van der Waals surface area contributed by atoms with Gasteiger partial charge in [0.2, 0.25) is 5.91 Å². The number of nitrogens with one attached hydrogen (secondary N) is 1. The van der Waals surface area contributed by atoms with E-state index in [0.29, 0.717) is 49.2 Å². The molecule has 0 unspecified atom stereocenters. The van der Waals surface area contributed by atoms with Gasteiger partial charge < -0.3 is 10.4 Å². The second kappa shape index (κ2) is 10.2. The average Bonchev–Trinajstić information content (AvgIpc) is 2.74. The standard InChI is InChI=1S/C22H29N3O4/c26-20(23-14-16-9-11-17(12-10-16)22(28)29)8-2-1-5-13-25-15-24-19-7-4-3-6-18(19)21(25)27/h3-4,6-7,15-17H,1-2,5,8-14H2,(H,23,26)(H,28,29). The van der Waals surface area contributed by atoms with Crippen molar-refractivity contribution in [2.45, 2.75) is 57.9 Å². The van der Waals surface area contributed by atoms with E-state index in [1.165, 1.54) is 0 Å². The Balaban J connectivity index is 1.31. The smallest absolute Gasteiger partial charge is 0.306 e. The molecule has 0 radical (unpaired) electrons. The van der Waals surface area contributed by atoms with Gasteiger partial charge in [-0.3, -0.25) is 19.0 Å². The van der Waals surface area contributed by atoms with Gasteiger partial charge in [-0.25, -0.2) is 4.98 Å². The molecule has 1 aliphatic rings. The van der Waals surface area contributed by atoms with Gasteiger partial charge in [-0.05, 0) is 56.6 Å². The van der Waals surface area contributed by atoms with Gasteiger partial charge in [0.05, 0.1) is 23.1 Å². The molecule has 1 aliphatic carbocycles. The molecular formula is C22H29N3O4. The maximum Gasteiger partial charge on any atom is 0.306 e. The van der Waals surface area contributed by atoms with E-state index in [-0.39, 0.29) is 17.4 Å². The SMILES string of the molecule is O=C(CCCCCn1cnc2ccccc2c1=O)NCC1CCC(C(=O)O)CC1. The van der Waals surface area contributed by atoms with Crippen LogP contribution in [0.2, 0.25) is 0 Å². The molecule has 3 rings (SSSR count). The number of carbonyl (C=O) groups excluding carboxylic acids is 1. The van der Waals surface area contributed by atoms with Crippen LogP contribution in [0.15, 0.2) is 35.4 Å².